The van der Waals surface area contributed by atoms with Crippen molar-refractivity contribution in [1.82, 2.24) is 0 Å². The molecule has 0 N–H and O–H groups in total. The topological polar surface area (TPSA) is 0 Å². The molecule has 0 radical (unpaired) electrons. The number of rotatable bonds is 8. The number of allylic oxidation sites excluding steroid dienone is 5. The number of hydrogen-bond donors (Lipinski definition) is 0. The van der Waals surface area contributed by atoms with Crippen LogP contribution in [0.2, 0.25) is 0 Å². The van der Waals surface area contributed by atoms with Crippen LogP contribution in [0.5, 0.6) is 0 Å². The van der Waals surface area contributed by atoms with Crippen LogP contribution in [0.3, 0.4) is 0 Å². The molecular weight excluding hydrogens is 180 g/mol. The zero-order valence-electron chi connectivity index (χ0n) is 10.7. The first kappa shape index (κ1) is 14.2. The summed E-state index contributed by atoms with van der Waals surface area (Å²) in [5.74, 6) is 0. The van der Waals surface area contributed by atoms with E-state index in [2.05, 4.69) is 39.5 Å². The van der Waals surface area contributed by atoms with Gasteiger partial charge in [-0.1, -0.05) is 35.8 Å². The maximum atomic E-state index is 3.78. The predicted molar refractivity (Wildman–Crippen MR) is 71.1 cm³/mol. The van der Waals surface area contributed by atoms with E-state index in [9.17, 15) is 0 Å². The van der Waals surface area contributed by atoms with E-state index in [0.717, 1.165) is 6.42 Å². The van der Waals surface area contributed by atoms with E-state index in [0.29, 0.717) is 0 Å². The van der Waals surface area contributed by atoms with Crippen LogP contribution in [0.25, 0.3) is 0 Å². The van der Waals surface area contributed by atoms with Crippen molar-refractivity contribution in [2.75, 3.05) is 0 Å². The van der Waals surface area contributed by atoms with Crippen molar-refractivity contribution in [2.45, 2.75) is 59.3 Å². The van der Waals surface area contributed by atoms with Gasteiger partial charge >= 0.3 is 0 Å². The molecule has 0 nitrogen and oxygen atoms in total. The molecule has 0 aliphatic carbocycles. The zero-order valence-corrected chi connectivity index (χ0v) is 10.7. The van der Waals surface area contributed by atoms with Crippen LogP contribution >= 0.6 is 0 Å². The largest absolute Gasteiger partial charge is 0.103 e. The lowest BCUT2D eigenvalue weighted by atomic mass is 10.0. The molecule has 0 atom stereocenters. The van der Waals surface area contributed by atoms with E-state index in [4.69, 9.17) is 0 Å². The second-order valence-corrected chi connectivity index (χ2v) is 4.14. The minimum atomic E-state index is 1.06. The molecule has 0 fully saturated rings. The Labute approximate surface area is 95.8 Å². The van der Waals surface area contributed by atoms with Gasteiger partial charge in [-0.2, -0.15) is 0 Å². The molecular formula is C15H26. The molecule has 0 heteroatoms. The molecule has 0 bridgehead atoms. The Bertz CT molecular complexity index is 218. The van der Waals surface area contributed by atoms with Crippen LogP contribution < -0.4 is 0 Å². The standard InChI is InChI=1S/C15H26/c1-5-11-15(7-3)13-10-8-9-12-14(4)6-2/h5-7H,1,8-13H2,2-4H3. The maximum absolute atomic E-state index is 3.78. The van der Waals surface area contributed by atoms with Crippen LogP contribution in [0.1, 0.15) is 59.3 Å². The average molecular weight is 206 g/mol. The Kier molecular flexibility index (Phi) is 9.26. The van der Waals surface area contributed by atoms with Gasteiger partial charge in [0.2, 0.25) is 0 Å². The van der Waals surface area contributed by atoms with E-state index in [1.807, 2.05) is 6.08 Å². The highest BCUT2D eigenvalue weighted by Crippen LogP contribution is 2.15. The van der Waals surface area contributed by atoms with Crippen molar-refractivity contribution in [3.63, 3.8) is 0 Å². The lowest BCUT2D eigenvalue weighted by Gasteiger charge is -2.04. The molecule has 0 aromatic heterocycles. The second kappa shape index (κ2) is 9.76. The van der Waals surface area contributed by atoms with Crippen molar-refractivity contribution < 1.29 is 0 Å². The molecule has 0 unspecified atom stereocenters. The normalized spacial score (nSPS) is 13.0. The summed E-state index contributed by atoms with van der Waals surface area (Å²) in [5, 5.41) is 0. The minimum absolute atomic E-state index is 1.06. The van der Waals surface area contributed by atoms with Gasteiger partial charge in [0.1, 0.15) is 0 Å². The van der Waals surface area contributed by atoms with Crippen LogP contribution in [0.4, 0.5) is 0 Å². The molecule has 0 aromatic carbocycles. The summed E-state index contributed by atoms with van der Waals surface area (Å²) >= 11 is 0. The fourth-order valence-electron chi connectivity index (χ4n) is 1.63. The van der Waals surface area contributed by atoms with Crippen molar-refractivity contribution >= 4 is 0 Å². The highest BCUT2D eigenvalue weighted by molar-refractivity contribution is 5.04. The summed E-state index contributed by atoms with van der Waals surface area (Å²) in [6, 6.07) is 0. The van der Waals surface area contributed by atoms with Gasteiger partial charge in [-0.15, -0.1) is 6.58 Å². The van der Waals surface area contributed by atoms with E-state index >= 15 is 0 Å². The van der Waals surface area contributed by atoms with Gasteiger partial charge < -0.3 is 0 Å². The highest BCUT2D eigenvalue weighted by Gasteiger charge is 1.95. The number of unbranched alkanes of at least 4 members (excludes halogenated alkanes) is 2. The number of hydrogen-bond acceptors (Lipinski definition) is 0. The molecule has 0 saturated carbocycles. The third-order valence-electron chi connectivity index (χ3n) is 2.88. The van der Waals surface area contributed by atoms with E-state index < -0.39 is 0 Å². The van der Waals surface area contributed by atoms with E-state index in [1.165, 1.54) is 43.3 Å². The molecule has 0 amide bonds. The summed E-state index contributed by atoms with van der Waals surface area (Å²) in [6.07, 6.45) is 14.0. The lowest BCUT2D eigenvalue weighted by Crippen LogP contribution is -1.84. The van der Waals surface area contributed by atoms with Gasteiger partial charge in [-0.05, 0) is 52.9 Å². The first-order valence-electron chi connectivity index (χ1n) is 6.11. The van der Waals surface area contributed by atoms with E-state index in [1.54, 1.807) is 0 Å². The zero-order chi connectivity index (χ0) is 11.5. The molecule has 0 rings (SSSR count). The van der Waals surface area contributed by atoms with Gasteiger partial charge in [0.25, 0.3) is 0 Å². The first-order chi connectivity index (χ1) is 7.24. The van der Waals surface area contributed by atoms with Crippen molar-refractivity contribution in [3.8, 4) is 0 Å². The van der Waals surface area contributed by atoms with Gasteiger partial charge in [0.05, 0.1) is 0 Å². The minimum Gasteiger partial charge on any atom is -0.103 e. The molecule has 0 heterocycles. The average Bonchev–Trinajstić information content (AvgIpc) is 2.26. The molecule has 15 heavy (non-hydrogen) atoms. The van der Waals surface area contributed by atoms with Crippen LogP contribution in [0.15, 0.2) is 36.0 Å². The molecule has 0 spiro atoms. The van der Waals surface area contributed by atoms with Crippen molar-refractivity contribution in [1.29, 1.82) is 0 Å². The molecule has 0 saturated heterocycles. The highest BCUT2D eigenvalue weighted by atomic mass is 14.0. The van der Waals surface area contributed by atoms with Crippen LogP contribution in [0, 0.1) is 0 Å². The molecule has 0 aliphatic rings. The van der Waals surface area contributed by atoms with Gasteiger partial charge in [-0.3, -0.25) is 0 Å². The lowest BCUT2D eigenvalue weighted by molar-refractivity contribution is 0.668. The Balaban J connectivity index is 3.49. The fraction of sp³-hybridized carbons (Fsp3) is 0.600. The first-order valence-corrected chi connectivity index (χ1v) is 6.11. The predicted octanol–water partition coefficient (Wildman–Crippen LogP) is 5.43. The third-order valence-corrected chi connectivity index (χ3v) is 2.88. The van der Waals surface area contributed by atoms with Gasteiger partial charge in [0, 0.05) is 0 Å². The Hall–Kier alpha value is -0.780. The Morgan fingerprint density at radius 3 is 2.20 bits per heavy atom. The third kappa shape index (κ3) is 8.23. The molecule has 0 aliphatic heterocycles. The van der Waals surface area contributed by atoms with E-state index in [-0.39, 0.29) is 0 Å². The Morgan fingerprint density at radius 2 is 1.67 bits per heavy atom. The monoisotopic (exact) mass is 206 g/mol. The Morgan fingerprint density at radius 1 is 1.00 bits per heavy atom. The summed E-state index contributed by atoms with van der Waals surface area (Å²) in [5.41, 5.74) is 3.06. The van der Waals surface area contributed by atoms with Gasteiger partial charge in [0.15, 0.2) is 0 Å². The second-order valence-electron chi connectivity index (χ2n) is 4.14. The summed E-state index contributed by atoms with van der Waals surface area (Å²) < 4.78 is 0. The van der Waals surface area contributed by atoms with Gasteiger partial charge in [-0.25, -0.2) is 0 Å². The summed E-state index contributed by atoms with van der Waals surface area (Å²) in [6.45, 7) is 10.2. The van der Waals surface area contributed by atoms with Crippen LogP contribution in [-0.4, -0.2) is 0 Å². The fourth-order valence-corrected chi connectivity index (χ4v) is 1.63. The van der Waals surface area contributed by atoms with Crippen molar-refractivity contribution in [3.05, 3.63) is 36.0 Å². The summed E-state index contributed by atoms with van der Waals surface area (Å²) in [7, 11) is 0. The van der Waals surface area contributed by atoms with Crippen molar-refractivity contribution in [2.24, 2.45) is 0 Å². The van der Waals surface area contributed by atoms with Crippen LogP contribution in [-0.2, 0) is 0 Å². The molecule has 0 aromatic rings. The smallest absolute Gasteiger partial charge is 0.0142 e. The SMILES string of the molecule is C=CCC(=CC)CCCCCC(C)=CC. The maximum Gasteiger partial charge on any atom is -0.0142 e. The molecule has 86 valence electrons. The quantitative estimate of drug-likeness (QED) is 0.367. The summed E-state index contributed by atoms with van der Waals surface area (Å²) in [4.78, 5) is 0.